The summed E-state index contributed by atoms with van der Waals surface area (Å²) in [6.45, 7) is 0. The fourth-order valence-corrected chi connectivity index (χ4v) is 8.46. The van der Waals surface area contributed by atoms with Gasteiger partial charge in [0.1, 0.15) is 0 Å². The zero-order valence-corrected chi connectivity index (χ0v) is 30.9. The third kappa shape index (κ3) is 5.58. The molecule has 0 fully saturated rings. The Bertz CT molecular complexity index is 3220. The van der Waals surface area contributed by atoms with Crippen LogP contribution >= 0.6 is 0 Å². The summed E-state index contributed by atoms with van der Waals surface area (Å²) in [5, 5.41) is 6.99. The first kappa shape index (κ1) is 32.7. The minimum atomic E-state index is 0.637. The fourth-order valence-electron chi connectivity index (χ4n) is 8.46. The standard InChI is InChI=1S/C53H34N4/c1-3-15-35(16-4-1)41-25-13-19-37-20-14-26-47(50(37)41)53-55-51(38-17-5-2-6-18-38)54-52(56-53)46-34-33-40(42-21-7-8-22-43(42)46)36-29-31-39(32-30-36)57-48-27-11-9-23-44(48)45-24-10-12-28-49(45)57/h1-34H. The largest absolute Gasteiger partial charge is 0.309 e. The Morgan fingerprint density at radius 2 is 0.754 bits per heavy atom. The van der Waals surface area contributed by atoms with Crippen LogP contribution in [0, 0.1) is 0 Å². The van der Waals surface area contributed by atoms with Gasteiger partial charge in [-0.1, -0.05) is 176 Å². The number of hydrogen-bond donors (Lipinski definition) is 0. The Kier molecular flexibility index (Phi) is 7.78. The van der Waals surface area contributed by atoms with Crippen molar-refractivity contribution >= 4 is 43.4 Å². The predicted octanol–water partition coefficient (Wildman–Crippen LogP) is 13.6. The van der Waals surface area contributed by atoms with E-state index in [1.807, 2.05) is 18.2 Å². The van der Waals surface area contributed by atoms with Crippen molar-refractivity contribution < 1.29 is 0 Å². The van der Waals surface area contributed by atoms with Crippen LogP contribution in [-0.4, -0.2) is 19.5 Å². The summed E-state index contributed by atoms with van der Waals surface area (Å²) in [6.07, 6.45) is 0. The highest BCUT2D eigenvalue weighted by Gasteiger charge is 2.19. The smallest absolute Gasteiger partial charge is 0.164 e. The van der Waals surface area contributed by atoms with Gasteiger partial charge in [0.05, 0.1) is 11.0 Å². The molecule has 4 nitrogen and oxygen atoms in total. The second kappa shape index (κ2) is 13.6. The maximum Gasteiger partial charge on any atom is 0.164 e. The summed E-state index contributed by atoms with van der Waals surface area (Å²) >= 11 is 0. The molecule has 4 heteroatoms. The van der Waals surface area contributed by atoms with Crippen molar-refractivity contribution in [2.24, 2.45) is 0 Å². The average Bonchev–Trinajstić information content (AvgIpc) is 3.63. The highest BCUT2D eigenvalue weighted by molar-refractivity contribution is 6.10. The molecule has 0 aliphatic heterocycles. The first-order valence-corrected chi connectivity index (χ1v) is 19.3. The summed E-state index contributed by atoms with van der Waals surface area (Å²) in [7, 11) is 0. The van der Waals surface area contributed by atoms with Crippen LogP contribution in [-0.2, 0) is 0 Å². The number of para-hydroxylation sites is 2. The molecule has 0 unspecified atom stereocenters. The van der Waals surface area contributed by atoms with Gasteiger partial charge in [-0.2, -0.15) is 0 Å². The Labute approximate surface area is 330 Å². The quantitative estimate of drug-likeness (QED) is 0.171. The van der Waals surface area contributed by atoms with E-state index in [9.17, 15) is 0 Å². The second-order valence-corrected chi connectivity index (χ2v) is 14.4. The minimum Gasteiger partial charge on any atom is -0.309 e. The maximum absolute atomic E-state index is 5.30. The van der Waals surface area contributed by atoms with E-state index in [0.29, 0.717) is 17.5 Å². The lowest BCUT2D eigenvalue weighted by Gasteiger charge is -2.15. The summed E-state index contributed by atoms with van der Waals surface area (Å²) in [5.74, 6) is 1.91. The zero-order chi connectivity index (χ0) is 37.7. The number of benzene rings is 9. The van der Waals surface area contributed by atoms with Gasteiger partial charge in [0.15, 0.2) is 17.5 Å². The van der Waals surface area contributed by atoms with Crippen LogP contribution in [0.15, 0.2) is 206 Å². The molecule has 0 radical (unpaired) electrons. The van der Waals surface area contributed by atoms with Crippen LogP contribution in [0.2, 0.25) is 0 Å². The summed E-state index contributed by atoms with van der Waals surface area (Å²) < 4.78 is 2.36. The lowest BCUT2D eigenvalue weighted by atomic mass is 9.93. The Hall–Kier alpha value is -7.69. The van der Waals surface area contributed by atoms with Gasteiger partial charge >= 0.3 is 0 Å². The molecule has 0 saturated carbocycles. The molecule has 2 aromatic heterocycles. The molecular formula is C53H34N4. The summed E-state index contributed by atoms with van der Waals surface area (Å²) in [4.78, 5) is 15.7. The van der Waals surface area contributed by atoms with Crippen LogP contribution in [0.25, 0.3) is 105 Å². The topological polar surface area (TPSA) is 43.6 Å². The van der Waals surface area contributed by atoms with E-state index in [2.05, 4.69) is 193 Å². The van der Waals surface area contributed by atoms with Gasteiger partial charge in [-0.25, -0.2) is 15.0 Å². The van der Waals surface area contributed by atoms with Crippen molar-refractivity contribution in [3.05, 3.63) is 206 Å². The zero-order valence-electron chi connectivity index (χ0n) is 30.9. The molecule has 11 rings (SSSR count). The molecule has 11 aromatic rings. The monoisotopic (exact) mass is 726 g/mol. The third-order valence-corrected chi connectivity index (χ3v) is 11.1. The van der Waals surface area contributed by atoms with Crippen molar-refractivity contribution in [3.8, 4) is 62.1 Å². The summed E-state index contributed by atoms with van der Waals surface area (Å²) in [6, 6.07) is 72.8. The molecule has 0 aliphatic rings. The van der Waals surface area contributed by atoms with E-state index in [1.165, 1.54) is 21.8 Å². The Balaban J connectivity index is 1.07. The number of hydrogen-bond acceptors (Lipinski definition) is 3. The highest BCUT2D eigenvalue weighted by Crippen LogP contribution is 2.39. The molecule has 0 N–H and O–H groups in total. The SMILES string of the molecule is c1ccc(-c2nc(-c3ccc(-c4ccc(-n5c6ccccc6c6ccccc65)cc4)c4ccccc34)nc(-c3cccc4cccc(-c5ccccc5)c34)n2)cc1. The molecule has 9 aromatic carbocycles. The Morgan fingerprint density at radius 1 is 0.281 bits per heavy atom. The number of fused-ring (bicyclic) bond motifs is 5. The van der Waals surface area contributed by atoms with Gasteiger partial charge < -0.3 is 4.57 Å². The van der Waals surface area contributed by atoms with Crippen molar-refractivity contribution in [2.45, 2.75) is 0 Å². The van der Waals surface area contributed by atoms with Crippen molar-refractivity contribution in [3.63, 3.8) is 0 Å². The average molecular weight is 727 g/mol. The van der Waals surface area contributed by atoms with Crippen LogP contribution in [0.5, 0.6) is 0 Å². The molecule has 57 heavy (non-hydrogen) atoms. The molecule has 0 saturated heterocycles. The van der Waals surface area contributed by atoms with E-state index >= 15 is 0 Å². The van der Waals surface area contributed by atoms with Crippen molar-refractivity contribution in [2.75, 3.05) is 0 Å². The van der Waals surface area contributed by atoms with E-state index in [0.717, 1.165) is 66.2 Å². The molecule has 266 valence electrons. The molecule has 0 aliphatic carbocycles. The number of rotatable bonds is 6. The van der Waals surface area contributed by atoms with Gasteiger partial charge in [-0.3, -0.25) is 0 Å². The molecular weight excluding hydrogens is 693 g/mol. The van der Waals surface area contributed by atoms with Gasteiger partial charge in [0.2, 0.25) is 0 Å². The minimum absolute atomic E-state index is 0.637. The molecule has 0 amide bonds. The van der Waals surface area contributed by atoms with E-state index < -0.39 is 0 Å². The van der Waals surface area contributed by atoms with Crippen molar-refractivity contribution in [1.82, 2.24) is 19.5 Å². The molecule has 0 bridgehead atoms. The molecule has 0 spiro atoms. The normalized spacial score (nSPS) is 11.5. The number of aromatic nitrogens is 4. The second-order valence-electron chi connectivity index (χ2n) is 14.4. The maximum atomic E-state index is 5.30. The molecule has 2 heterocycles. The van der Waals surface area contributed by atoms with Crippen molar-refractivity contribution in [1.29, 1.82) is 0 Å². The van der Waals surface area contributed by atoms with E-state index in [-0.39, 0.29) is 0 Å². The van der Waals surface area contributed by atoms with Gasteiger partial charge in [-0.05, 0) is 68.7 Å². The Morgan fingerprint density at radius 3 is 1.40 bits per heavy atom. The van der Waals surface area contributed by atoms with Gasteiger partial charge in [-0.15, -0.1) is 0 Å². The van der Waals surface area contributed by atoms with E-state index in [4.69, 9.17) is 15.0 Å². The predicted molar refractivity (Wildman–Crippen MR) is 236 cm³/mol. The fraction of sp³-hybridized carbons (Fsp3) is 0. The van der Waals surface area contributed by atoms with Crippen LogP contribution in [0.4, 0.5) is 0 Å². The van der Waals surface area contributed by atoms with Crippen LogP contribution in [0.3, 0.4) is 0 Å². The first-order valence-electron chi connectivity index (χ1n) is 19.3. The first-order chi connectivity index (χ1) is 28.3. The van der Waals surface area contributed by atoms with E-state index in [1.54, 1.807) is 0 Å². The van der Waals surface area contributed by atoms with Crippen LogP contribution in [0.1, 0.15) is 0 Å². The van der Waals surface area contributed by atoms with Gasteiger partial charge in [0.25, 0.3) is 0 Å². The third-order valence-electron chi connectivity index (χ3n) is 11.1. The summed E-state index contributed by atoms with van der Waals surface area (Å²) in [5.41, 5.74) is 11.0. The number of nitrogens with zero attached hydrogens (tertiary/aromatic N) is 4. The highest BCUT2D eigenvalue weighted by atomic mass is 15.0. The van der Waals surface area contributed by atoms with Gasteiger partial charge in [0, 0.05) is 38.5 Å². The van der Waals surface area contributed by atoms with Crippen LogP contribution < -0.4 is 0 Å². The lowest BCUT2D eigenvalue weighted by molar-refractivity contribution is 1.08. The molecule has 0 atom stereocenters. The lowest BCUT2D eigenvalue weighted by Crippen LogP contribution is -2.01.